The lowest BCUT2D eigenvalue weighted by atomic mass is 9.90. The highest BCUT2D eigenvalue weighted by atomic mass is 32.2. The van der Waals surface area contributed by atoms with Gasteiger partial charge in [-0.3, -0.25) is 4.99 Å². The van der Waals surface area contributed by atoms with Crippen LogP contribution in [0, 0.1) is 6.92 Å². The molecule has 1 N–H and O–H groups in total. The maximum absolute atomic E-state index is 13.7. The Kier molecular flexibility index (Phi) is 7.33. The minimum atomic E-state index is -0.650. The van der Waals surface area contributed by atoms with Gasteiger partial charge in [-0.25, -0.2) is 0 Å². The van der Waals surface area contributed by atoms with Crippen molar-refractivity contribution in [3.8, 4) is 0 Å². The number of amidine groups is 1. The number of nitrogens with zero attached hydrogens (tertiary/aromatic N) is 1. The van der Waals surface area contributed by atoms with Crippen LogP contribution in [0.5, 0.6) is 0 Å². The highest BCUT2D eigenvalue weighted by Gasteiger charge is 2.27. The second kappa shape index (κ2) is 9.13. The van der Waals surface area contributed by atoms with E-state index in [1.807, 2.05) is 38.1 Å². The monoisotopic (exact) mass is 400 g/mol. The quantitative estimate of drug-likeness (QED) is 0.399. The fraction of sp³-hybridized carbons (Fsp3) is 0.458. The minimum Gasteiger partial charge on any atom is -0.340 e. The summed E-state index contributed by atoms with van der Waals surface area (Å²) in [5.41, 5.74) is 6.81. The summed E-state index contributed by atoms with van der Waals surface area (Å²) in [5.74, 6) is 1.53. The van der Waals surface area contributed by atoms with E-state index in [4.69, 9.17) is 0 Å². The van der Waals surface area contributed by atoms with Crippen LogP contribution in [-0.2, 0) is 4.75 Å². The normalized spacial score (nSPS) is 12.8. The van der Waals surface area contributed by atoms with Gasteiger partial charge in [0.1, 0.15) is 5.84 Å². The molecule has 152 valence electrons. The first-order valence-corrected chi connectivity index (χ1v) is 10.6. The predicted octanol–water partition coefficient (Wildman–Crippen LogP) is 7.58. The zero-order valence-electron chi connectivity index (χ0n) is 18.4. The summed E-state index contributed by atoms with van der Waals surface area (Å²) in [6.07, 6.45) is 0. The van der Waals surface area contributed by atoms with Gasteiger partial charge in [0.2, 0.25) is 0 Å². The van der Waals surface area contributed by atoms with Gasteiger partial charge in [-0.05, 0) is 49.3 Å². The van der Waals surface area contributed by atoms with E-state index in [2.05, 4.69) is 57.1 Å². The molecule has 2 rings (SSSR count). The molecule has 0 bridgehead atoms. The van der Waals surface area contributed by atoms with Crippen molar-refractivity contribution in [2.24, 2.45) is 4.99 Å². The van der Waals surface area contributed by atoms with Gasteiger partial charge < -0.3 is 5.32 Å². The summed E-state index contributed by atoms with van der Waals surface area (Å²) in [6, 6.07) is 12.4. The van der Waals surface area contributed by atoms with Gasteiger partial charge in [0.25, 0.3) is 0 Å². The van der Waals surface area contributed by atoms with E-state index < -0.39 is 4.75 Å². The van der Waals surface area contributed by atoms with Gasteiger partial charge in [-0.2, -0.15) is 3.89 Å². The van der Waals surface area contributed by atoms with Gasteiger partial charge in [-0.15, -0.1) is 0 Å². The molecule has 2 nitrogen and oxygen atoms in total. The Morgan fingerprint density at radius 2 is 1.57 bits per heavy atom. The van der Waals surface area contributed by atoms with E-state index in [9.17, 15) is 3.89 Å². The number of anilines is 1. The predicted molar refractivity (Wildman–Crippen MR) is 124 cm³/mol. The molecule has 2 aromatic rings. The number of halogens is 1. The lowest BCUT2D eigenvalue weighted by molar-refractivity contribution is 0.740. The van der Waals surface area contributed by atoms with Crippen LogP contribution in [0.1, 0.15) is 81.2 Å². The Hall–Kier alpha value is -1.81. The molecule has 28 heavy (non-hydrogen) atoms. The molecule has 0 spiro atoms. The summed E-state index contributed by atoms with van der Waals surface area (Å²) in [6.45, 7) is 14.8. The topological polar surface area (TPSA) is 24.4 Å². The molecule has 0 saturated heterocycles. The summed E-state index contributed by atoms with van der Waals surface area (Å²) >= 11 is 0.364. The Morgan fingerprint density at radius 3 is 2.04 bits per heavy atom. The Labute approximate surface area is 174 Å². The molecule has 0 fully saturated rings. The van der Waals surface area contributed by atoms with Crippen molar-refractivity contribution in [3.05, 3.63) is 64.2 Å². The SMILES string of the molecule is CN=C(Nc1c(C(C)C)cc(C)cc1C(C)C)c1ccccc1C(C)(C)SF. The number of aliphatic imine (C=N–C) groups is 1. The summed E-state index contributed by atoms with van der Waals surface area (Å²) in [7, 11) is 1.78. The van der Waals surface area contributed by atoms with Crippen molar-refractivity contribution in [2.45, 2.75) is 65.0 Å². The van der Waals surface area contributed by atoms with Crippen LogP contribution in [0.2, 0.25) is 0 Å². The maximum Gasteiger partial charge on any atom is 0.132 e. The lowest BCUT2D eigenvalue weighted by Gasteiger charge is -2.26. The Bertz CT molecular complexity index is 824. The number of nitrogens with one attached hydrogen (secondary N) is 1. The number of hydrogen-bond donors (Lipinski definition) is 1. The molecule has 0 aromatic heterocycles. The van der Waals surface area contributed by atoms with Crippen molar-refractivity contribution < 1.29 is 3.89 Å². The molecular weight excluding hydrogens is 367 g/mol. The molecule has 0 aliphatic heterocycles. The van der Waals surface area contributed by atoms with Crippen LogP contribution < -0.4 is 5.32 Å². The molecule has 0 amide bonds. The van der Waals surface area contributed by atoms with E-state index >= 15 is 0 Å². The zero-order chi connectivity index (χ0) is 21.1. The van der Waals surface area contributed by atoms with Crippen LogP contribution in [0.3, 0.4) is 0 Å². The second-order valence-electron chi connectivity index (χ2n) is 8.46. The first-order valence-electron chi connectivity index (χ1n) is 9.90. The summed E-state index contributed by atoms with van der Waals surface area (Å²) < 4.78 is 13.0. The average Bonchev–Trinajstić information content (AvgIpc) is 2.66. The van der Waals surface area contributed by atoms with Crippen molar-refractivity contribution in [2.75, 3.05) is 12.4 Å². The third-order valence-corrected chi connectivity index (χ3v) is 5.68. The van der Waals surface area contributed by atoms with Crippen LogP contribution in [0.4, 0.5) is 9.57 Å². The standard InChI is InChI=1S/C24H33FN2S/c1-15(2)19-13-17(5)14-20(16(3)4)22(19)27-23(26-8)18-11-9-10-12-21(18)24(6,7)28-25/h9-16H,1-8H3,(H,26,27). The molecule has 0 radical (unpaired) electrons. The first-order chi connectivity index (χ1) is 13.1. The van der Waals surface area contributed by atoms with E-state index in [-0.39, 0.29) is 0 Å². The van der Waals surface area contributed by atoms with E-state index in [0.717, 1.165) is 22.6 Å². The average molecular weight is 401 g/mol. The molecule has 0 aliphatic rings. The van der Waals surface area contributed by atoms with Crippen molar-refractivity contribution >= 4 is 23.7 Å². The number of benzene rings is 2. The van der Waals surface area contributed by atoms with Gasteiger partial charge in [0.15, 0.2) is 0 Å². The largest absolute Gasteiger partial charge is 0.340 e. The Morgan fingerprint density at radius 1 is 1.04 bits per heavy atom. The van der Waals surface area contributed by atoms with Crippen LogP contribution >= 0.6 is 12.1 Å². The molecule has 0 heterocycles. The van der Waals surface area contributed by atoms with Crippen molar-refractivity contribution in [1.82, 2.24) is 0 Å². The third-order valence-electron chi connectivity index (χ3n) is 5.08. The number of hydrogen-bond acceptors (Lipinski definition) is 2. The second-order valence-corrected chi connectivity index (χ2v) is 9.63. The van der Waals surface area contributed by atoms with E-state index in [1.54, 1.807) is 7.05 Å². The van der Waals surface area contributed by atoms with Crippen LogP contribution in [0.25, 0.3) is 0 Å². The molecule has 0 aliphatic carbocycles. The smallest absolute Gasteiger partial charge is 0.132 e. The molecule has 4 heteroatoms. The lowest BCUT2D eigenvalue weighted by Crippen LogP contribution is -2.23. The van der Waals surface area contributed by atoms with Crippen LogP contribution in [-0.4, -0.2) is 12.9 Å². The molecule has 0 atom stereocenters. The fourth-order valence-corrected chi connectivity index (χ4v) is 3.78. The van der Waals surface area contributed by atoms with Crippen molar-refractivity contribution in [1.29, 1.82) is 0 Å². The van der Waals surface area contributed by atoms with Gasteiger partial charge in [-0.1, -0.05) is 69.7 Å². The van der Waals surface area contributed by atoms with E-state index in [1.165, 1.54) is 16.7 Å². The van der Waals surface area contributed by atoms with Crippen LogP contribution in [0.15, 0.2) is 41.4 Å². The Balaban J connectivity index is 2.63. The van der Waals surface area contributed by atoms with Crippen molar-refractivity contribution in [3.63, 3.8) is 0 Å². The zero-order valence-corrected chi connectivity index (χ0v) is 19.2. The molecule has 0 saturated carbocycles. The van der Waals surface area contributed by atoms with Gasteiger partial charge >= 0.3 is 0 Å². The number of aryl methyl sites for hydroxylation is 1. The minimum absolute atomic E-state index is 0.364. The highest BCUT2D eigenvalue weighted by molar-refractivity contribution is 7.95. The fourth-order valence-electron chi connectivity index (χ4n) is 3.52. The molecular formula is C24H33FN2S. The third kappa shape index (κ3) is 4.78. The molecule has 2 aromatic carbocycles. The summed E-state index contributed by atoms with van der Waals surface area (Å²) in [4.78, 5) is 4.56. The highest BCUT2D eigenvalue weighted by Crippen LogP contribution is 2.39. The van der Waals surface area contributed by atoms with Gasteiger partial charge in [0, 0.05) is 18.3 Å². The summed E-state index contributed by atoms with van der Waals surface area (Å²) in [5, 5.41) is 3.63. The van der Waals surface area contributed by atoms with E-state index in [0.29, 0.717) is 24.0 Å². The first kappa shape index (κ1) is 22.5. The molecule has 0 unspecified atom stereocenters. The number of rotatable bonds is 6. The maximum atomic E-state index is 13.7. The van der Waals surface area contributed by atoms with Gasteiger partial charge in [0.05, 0.1) is 16.9 Å².